The normalized spacial score (nSPS) is 14.8. The monoisotopic (exact) mass is 337 g/mol. The molecule has 0 aliphatic rings. The lowest BCUT2D eigenvalue weighted by molar-refractivity contribution is -0.137. The van der Waals surface area contributed by atoms with E-state index in [4.69, 9.17) is 0 Å². The maximum absolute atomic E-state index is 12.6. The number of nitrogens with one attached hydrogen (secondary N) is 1. The summed E-state index contributed by atoms with van der Waals surface area (Å²) in [5.41, 5.74) is -0.282. The van der Waals surface area contributed by atoms with Crippen molar-refractivity contribution < 1.29 is 18.0 Å². The van der Waals surface area contributed by atoms with Crippen LogP contribution in [0.15, 0.2) is 24.3 Å². The third-order valence-electron chi connectivity index (χ3n) is 2.72. The van der Waals surface area contributed by atoms with Gasteiger partial charge in [-0.05, 0) is 31.0 Å². The molecule has 0 aromatic heterocycles. The van der Waals surface area contributed by atoms with Crippen molar-refractivity contribution >= 4 is 21.8 Å². The summed E-state index contributed by atoms with van der Waals surface area (Å²) in [5.74, 6) is -0.229. The molecule has 0 spiro atoms. The Morgan fingerprint density at radius 1 is 1.42 bits per heavy atom. The van der Waals surface area contributed by atoms with Gasteiger partial charge in [0.25, 0.3) is 0 Å². The van der Waals surface area contributed by atoms with E-state index in [9.17, 15) is 18.0 Å². The van der Waals surface area contributed by atoms with E-state index in [1.807, 2.05) is 6.92 Å². The van der Waals surface area contributed by atoms with Gasteiger partial charge in [0, 0.05) is 0 Å². The Morgan fingerprint density at radius 3 is 2.58 bits per heavy atom. The third kappa shape index (κ3) is 4.53. The lowest BCUT2D eigenvalue weighted by Gasteiger charge is -2.17. The highest BCUT2D eigenvalue weighted by Crippen LogP contribution is 2.30. The molecule has 1 aromatic rings. The largest absolute Gasteiger partial charge is 0.416 e. The number of carbonyl (C=O) groups excluding carboxylic acids is 1. The van der Waals surface area contributed by atoms with E-state index in [1.165, 1.54) is 6.07 Å². The molecule has 1 amide bonds. The summed E-state index contributed by atoms with van der Waals surface area (Å²) in [6.07, 6.45) is -3.76. The van der Waals surface area contributed by atoms with E-state index in [0.29, 0.717) is 12.0 Å². The fraction of sp³-hybridized carbons (Fsp3) is 0.462. The number of carbonyl (C=O) groups is 1. The standard InChI is InChI=1S/C13H15BrF3NO/c1-3-11(14)12(19)18-8(2)9-5-4-6-10(7-9)13(15,16)17/h4-8,11H,3H2,1-2H3,(H,18,19). The Labute approximate surface area is 118 Å². The predicted octanol–water partition coefficient (Wildman–Crippen LogP) is 4.06. The average molecular weight is 338 g/mol. The molecule has 1 aromatic carbocycles. The molecule has 1 rings (SSSR count). The van der Waals surface area contributed by atoms with Crippen LogP contribution in [-0.4, -0.2) is 10.7 Å². The zero-order chi connectivity index (χ0) is 14.6. The first kappa shape index (κ1) is 16.0. The Hall–Kier alpha value is -1.04. The van der Waals surface area contributed by atoms with Crippen LogP contribution in [0.3, 0.4) is 0 Å². The van der Waals surface area contributed by atoms with Crippen LogP contribution in [0.2, 0.25) is 0 Å². The molecule has 6 heteroatoms. The molecule has 0 saturated carbocycles. The minimum absolute atomic E-state index is 0.229. The van der Waals surface area contributed by atoms with E-state index >= 15 is 0 Å². The number of rotatable bonds is 4. The topological polar surface area (TPSA) is 29.1 Å². The number of alkyl halides is 4. The first-order valence-corrected chi connectivity index (χ1v) is 6.79. The molecule has 0 fully saturated rings. The Balaban J connectivity index is 2.83. The fourth-order valence-electron chi connectivity index (χ4n) is 1.56. The summed E-state index contributed by atoms with van der Waals surface area (Å²) in [6, 6.07) is 4.50. The van der Waals surface area contributed by atoms with E-state index in [1.54, 1.807) is 13.0 Å². The van der Waals surface area contributed by atoms with Crippen LogP contribution in [0.1, 0.15) is 37.4 Å². The van der Waals surface area contributed by atoms with Gasteiger partial charge in [-0.2, -0.15) is 13.2 Å². The second kappa shape index (κ2) is 6.41. The molecular weight excluding hydrogens is 323 g/mol. The molecule has 0 heterocycles. The molecule has 0 aliphatic carbocycles. The molecule has 0 saturated heterocycles. The Kier molecular flexibility index (Phi) is 5.40. The van der Waals surface area contributed by atoms with Crippen LogP contribution in [0.4, 0.5) is 13.2 Å². The maximum atomic E-state index is 12.6. The van der Waals surface area contributed by atoms with Crippen molar-refractivity contribution in [2.45, 2.75) is 37.3 Å². The molecule has 0 bridgehead atoms. The summed E-state index contributed by atoms with van der Waals surface area (Å²) < 4.78 is 37.7. The Morgan fingerprint density at radius 2 is 2.05 bits per heavy atom. The Bertz CT molecular complexity index is 448. The van der Waals surface area contributed by atoms with Crippen LogP contribution >= 0.6 is 15.9 Å². The van der Waals surface area contributed by atoms with Crippen molar-refractivity contribution in [3.8, 4) is 0 Å². The summed E-state index contributed by atoms with van der Waals surface area (Å²) in [4.78, 5) is 11.3. The fourth-order valence-corrected chi connectivity index (χ4v) is 1.69. The van der Waals surface area contributed by atoms with Crippen molar-refractivity contribution in [2.75, 3.05) is 0 Å². The lowest BCUT2D eigenvalue weighted by atomic mass is 10.0. The van der Waals surface area contributed by atoms with Crippen LogP contribution in [0.25, 0.3) is 0 Å². The second-order valence-corrected chi connectivity index (χ2v) is 5.33. The summed E-state index contributed by atoms with van der Waals surface area (Å²) in [5, 5.41) is 2.67. The first-order chi connectivity index (χ1) is 8.75. The van der Waals surface area contributed by atoms with E-state index in [0.717, 1.165) is 12.1 Å². The number of hydrogen-bond donors (Lipinski definition) is 1. The minimum atomic E-state index is -4.37. The van der Waals surface area contributed by atoms with E-state index in [-0.39, 0.29) is 10.7 Å². The number of halogens is 4. The molecule has 1 N–H and O–H groups in total. The van der Waals surface area contributed by atoms with Gasteiger partial charge in [0.15, 0.2) is 0 Å². The minimum Gasteiger partial charge on any atom is -0.349 e. The lowest BCUT2D eigenvalue weighted by Crippen LogP contribution is -2.32. The molecular formula is C13H15BrF3NO. The van der Waals surface area contributed by atoms with Crippen molar-refractivity contribution in [2.24, 2.45) is 0 Å². The van der Waals surface area contributed by atoms with Gasteiger partial charge < -0.3 is 5.32 Å². The van der Waals surface area contributed by atoms with Gasteiger partial charge in [0.05, 0.1) is 16.4 Å². The second-order valence-electron chi connectivity index (χ2n) is 4.23. The summed E-state index contributed by atoms with van der Waals surface area (Å²) >= 11 is 3.20. The van der Waals surface area contributed by atoms with Crippen LogP contribution < -0.4 is 5.32 Å². The van der Waals surface area contributed by atoms with Gasteiger partial charge in [-0.25, -0.2) is 0 Å². The third-order valence-corrected chi connectivity index (χ3v) is 3.78. The predicted molar refractivity (Wildman–Crippen MR) is 71.0 cm³/mol. The molecule has 2 unspecified atom stereocenters. The molecule has 2 atom stereocenters. The first-order valence-electron chi connectivity index (χ1n) is 5.87. The van der Waals surface area contributed by atoms with E-state index < -0.39 is 17.8 Å². The van der Waals surface area contributed by atoms with Crippen molar-refractivity contribution in [3.63, 3.8) is 0 Å². The quantitative estimate of drug-likeness (QED) is 0.825. The van der Waals surface area contributed by atoms with Crippen molar-refractivity contribution in [1.82, 2.24) is 5.32 Å². The highest BCUT2D eigenvalue weighted by atomic mass is 79.9. The zero-order valence-corrected chi connectivity index (χ0v) is 12.2. The van der Waals surface area contributed by atoms with Crippen LogP contribution in [0, 0.1) is 0 Å². The highest BCUT2D eigenvalue weighted by Gasteiger charge is 2.30. The van der Waals surface area contributed by atoms with E-state index in [2.05, 4.69) is 21.2 Å². The van der Waals surface area contributed by atoms with Gasteiger partial charge in [0.1, 0.15) is 0 Å². The molecule has 0 aliphatic heterocycles. The highest BCUT2D eigenvalue weighted by molar-refractivity contribution is 9.10. The SMILES string of the molecule is CCC(Br)C(=O)NC(C)c1cccc(C(F)(F)F)c1. The smallest absolute Gasteiger partial charge is 0.349 e. The summed E-state index contributed by atoms with van der Waals surface area (Å²) in [7, 11) is 0. The average Bonchev–Trinajstić information content (AvgIpc) is 2.36. The molecule has 0 radical (unpaired) electrons. The van der Waals surface area contributed by atoms with Crippen LogP contribution in [-0.2, 0) is 11.0 Å². The maximum Gasteiger partial charge on any atom is 0.416 e. The molecule has 19 heavy (non-hydrogen) atoms. The number of amides is 1. The van der Waals surface area contributed by atoms with Gasteiger partial charge in [-0.15, -0.1) is 0 Å². The zero-order valence-electron chi connectivity index (χ0n) is 10.6. The van der Waals surface area contributed by atoms with Gasteiger partial charge in [-0.3, -0.25) is 4.79 Å². The summed E-state index contributed by atoms with van der Waals surface area (Å²) in [6.45, 7) is 3.50. The van der Waals surface area contributed by atoms with Gasteiger partial charge in [-0.1, -0.05) is 35.0 Å². The van der Waals surface area contributed by atoms with Crippen molar-refractivity contribution in [3.05, 3.63) is 35.4 Å². The molecule has 106 valence electrons. The van der Waals surface area contributed by atoms with Gasteiger partial charge >= 0.3 is 6.18 Å². The number of hydrogen-bond acceptors (Lipinski definition) is 1. The van der Waals surface area contributed by atoms with Crippen molar-refractivity contribution in [1.29, 1.82) is 0 Å². The number of benzene rings is 1. The van der Waals surface area contributed by atoms with Crippen LogP contribution in [0.5, 0.6) is 0 Å². The molecule has 2 nitrogen and oxygen atoms in total. The van der Waals surface area contributed by atoms with Gasteiger partial charge in [0.2, 0.25) is 5.91 Å².